The molecular formula is C23H28S2Si. The van der Waals surface area contributed by atoms with Crippen molar-refractivity contribution in [1.29, 1.82) is 0 Å². The molecular weight excluding hydrogens is 368 g/mol. The quantitative estimate of drug-likeness (QED) is 0.305. The molecule has 2 aromatic carbocycles. The van der Waals surface area contributed by atoms with Crippen LogP contribution >= 0.6 is 22.7 Å². The predicted molar refractivity (Wildman–Crippen MR) is 125 cm³/mol. The van der Waals surface area contributed by atoms with Gasteiger partial charge in [0, 0.05) is 20.2 Å². The Morgan fingerprint density at radius 3 is 1.88 bits per heavy atom. The van der Waals surface area contributed by atoms with Crippen molar-refractivity contribution in [3.8, 4) is 0 Å². The number of hydrogen-bond acceptors (Lipinski definition) is 2. The molecule has 0 aliphatic rings. The van der Waals surface area contributed by atoms with Crippen molar-refractivity contribution >= 4 is 66.9 Å². The Morgan fingerprint density at radius 2 is 1.23 bits per heavy atom. The maximum Gasteiger partial charge on any atom is 0.0961 e. The molecule has 2 aromatic heterocycles. The summed E-state index contributed by atoms with van der Waals surface area (Å²) in [6.07, 6.45) is 0. The summed E-state index contributed by atoms with van der Waals surface area (Å²) >= 11 is 3.84. The molecule has 0 bridgehead atoms. The fraction of sp³-hybridized carbons (Fsp3) is 0.391. The fourth-order valence-corrected chi connectivity index (χ4v) is 15.1. The molecule has 0 amide bonds. The van der Waals surface area contributed by atoms with Gasteiger partial charge in [0.2, 0.25) is 0 Å². The van der Waals surface area contributed by atoms with Crippen LogP contribution < -0.4 is 5.19 Å². The molecule has 26 heavy (non-hydrogen) atoms. The van der Waals surface area contributed by atoms with Gasteiger partial charge in [-0.15, -0.1) is 22.7 Å². The van der Waals surface area contributed by atoms with E-state index in [2.05, 4.69) is 82.6 Å². The standard InChI is InChI=1S/C23H28S2Si/c1-14(2)26(15(3)4,16(5)6)21-13-25-23-19-8-7-17-11-12-24-22(17)18(19)9-10-20(21)23/h7-16H,1-6H3. The highest BCUT2D eigenvalue weighted by Crippen LogP contribution is 2.44. The molecule has 4 aromatic rings. The summed E-state index contributed by atoms with van der Waals surface area (Å²) < 4.78 is 2.92. The minimum atomic E-state index is -1.63. The lowest BCUT2D eigenvalue weighted by molar-refractivity contribution is 0.836. The molecule has 0 aliphatic carbocycles. The normalized spacial score (nSPS) is 13.3. The monoisotopic (exact) mass is 396 g/mol. The molecule has 0 atom stereocenters. The second kappa shape index (κ2) is 6.47. The van der Waals surface area contributed by atoms with E-state index >= 15 is 0 Å². The maximum atomic E-state index is 2.52. The van der Waals surface area contributed by atoms with Gasteiger partial charge in [-0.05, 0) is 49.4 Å². The van der Waals surface area contributed by atoms with Gasteiger partial charge in [-0.3, -0.25) is 0 Å². The Morgan fingerprint density at radius 1 is 0.654 bits per heavy atom. The van der Waals surface area contributed by atoms with Crippen LogP contribution in [0.1, 0.15) is 41.5 Å². The number of fused-ring (bicyclic) bond motifs is 5. The third-order valence-electron chi connectivity index (χ3n) is 6.48. The van der Waals surface area contributed by atoms with Crippen LogP contribution in [-0.2, 0) is 0 Å². The van der Waals surface area contributed by atoms with Gasteiger partial charge >= 0.3 is 0 Å². The lowest BCUT2D eigenvalue weighted by Crippen LogP contribution is -2.55. The largest absolute Gasteiger partial charge is 0.143 e. The Hall–Kier alpha value is -1.16. The molecule has 0 saturated heterocycles. The zero-order valence-electron chi connectivity index (χ0n) is 16.6. The van der Waals surface area contributed by atoms with E-state index in [1.807, 2.05) is 22.7 Å². The summed E-state index contributed by atoms with van der Waals surface area (Å²) in [5.74, 6) is 0. The second-order valence-electron chi connectivity index (χ2n) is 8.49. The number of benzene rings is 2. The van der Waals surface area contributed by atoms with E-state index in [1.165, 1.54) is 30.9 Å². The molecule has 0 nitrogen and oxygen atoms in total. The van der Waals surface area contributed by atoms with Crippen molar-refractivity contribution in [2.24, 2.45) is 0 Å². The first-order chi connectivity index (χ1) is 12.4. The highest BCUT2D eigenvalue weighted by molar-refractivity contribution is 7.21. The van der Waals surface area contributed by atoms with E-state index < -0.39 is 8.07 Å². The molecule has 0 unspecified atom stereocenters. The van der Waals surface area contributed by atoms with Crippen molar-refractivity contribution in [2.75, 3.05) is 0 Å². The van der Waals surface area contributed by atoms with Crippen LogP contribution in [0.5, 0.6) is 0 Å². The van der Waals surface area contributed by atoms with E-state index in [0.29, 0.717) is 0 Å². The topological polar surface area (TPSA) is 0 Å². The van der Waals surface area contributed by atoms with Crippen LogP contribution in [0.15, 0.2) is 41.1 Å². The Labute approximate surface area is 165 Å². The van der Waals surface area contributed by atoms with Crippen molar-refractivity contribution in [3.05, 3.63) is 41.1 Å². The summed E-state index contributed by atoms with van der Waals surface area (Å²) in [6.45, 7) is 14.8. The molecule has 136 valence electrons. The Kier molecular flexibility index (Phi) is 4.53. The van der Waals surface area contributed by atoms with Gasteiger partial charge in [-0.2, -0.15) is 0 Å². The molecule has 0 aliphatic heterocycles. The molecule has 0 saturated carbocycles. The number of thiophene rings is 2. The molecule has 0 fully saturated rings. The van der Waals surface area contributed by atoms with Gasteiger partial charge in [-0.1, -0.05) is 65.8 Å². The summed E-state index contributed by atoms with van der Waals surface area (Å²) in [4.78, 5) is 0. The SMILES string of the molecule is CC(C)[Si](c1csc2c1ccc1c2ccc2ccsc21)(C(C)C)C(C)C. The molecule has 0 radical (unpaired) electrons. The third-order valence-corrected chi connectivity index (χ3v) is 15.8. The van der Waals surface area contributed by atoms with Gasteiger partial charge < -0.3 is 0 Å². The molecule has 0 N–H and O–H groups in total. The van der Waals surface area contributed by atoms with Gasteiger partial charge in [-0.25, -0.2) is 0 Å². The first kappa shape index (κ1) is 18.2. The van der Waals surface area contributed by atoms with E-state index in [1.54, 1.807) is 5.19 Å². The lowest BCUT2D eigenvalue weighted by Gasteiger charge is -2.43. The molecule has 4 rings (SSSR count). The summed E-state index contributed by atoms with van der Waals surface area (Å²) in [7, 11) is -1.63. The average Bonchev–Trinajstić information content (AvgIpc) is 3.21. The van der Waals surface area contributed by atoms with Crippen molar-refractivity contribution in [1.82, 2.24) is 0 Å². The Bertz CT molecular complexity index is 1060. The van der Waals surface area contributed by atoms with Crippen molar-refractivity contribution in [3.63, 3.8) is 0 Å². The summed E-state index contributed by atoms with van der Waals surface area (Å²) in [5.41, 5.74) is 2.24. The highest BCUT2D eigenvalue weighted by Gasteiger charge is 2.45. The predicted octanol–water partition coefficient (Wildman–Crippen LogP) is 8.16. The van der Waals surface area contributed by atoms with Crippen LogP contribution in [0.2, 0.25) is 16.6 Å². The first-order valence-corrected chi connectivity index (χ1v) is 13.7. The smallest absolute Gasteiger partial charge is 0.0961 e. The minimum absolute atomic E-state index is 0.746. The minimum Gasteiger partial charge on any atom is -0.143 e. The maximum absolute atomic E-state index is 2.52. The fourth-order valence-electron chi connectivity index (χ4n) is 5.59. The van der Waals surface area contributed by atoms with E-state index in [-0.39, 0.29) is 0 Å². The van der Waals surface area contributed by atoms with Crippen molar-refractivity contribution in [2.45, 2.75) is 58.2 Å². The number of hydrogen-bond donors (Lipinski definition) is 0. The first-order valence-electron chi connectivity index (χ1n) is 9.69. The van der Waals surface area contributed by atoms with Crippen LogP contribution in [0.3, 0.4) is 0 Å². The third kappa shape index (κ3) is 2.37. The van der Waals surface area contributed by atoms with Gasteiger partial charge in [0.25, 0.3) is 0 Å². The van der Waals surface area contributed by atoms with Crippen molar-refractivity contribution < 1.29 is 0 Å². The van der Waals surface area contributed by atoms with Crippen LogP contribution in [0, 0.1) is 0 Å². The zero-order valence-corrected chi connectivity index (χ0v) is 19.2. The van der Waals surface area contributed by atoms with Crippen LogP contribution in [0.4, 0.5) is 0 Å². The highest BCUT2D eigenvalue weighted by atomic mass is 32.1. The molecule has 3 heteroatoms. The molecule has 2 heterocycles. The average molecular weight is 397 g/mol. The van der Waals surface area contributed by atoms with Gasteiger partial charge in [0.1, 0.15) is 0 Å². The van der Waals surface area contributed by atoms with Gasteiger partial charge in [0.15, 0.2) is 0 Å². The van der Waals surface area contributed by atoms with Crippen LogP contribution in [-0.4, -0.2) is 8.07 Å². The van der Waals surface area contributed by atoms with E-state index in [4.69, 9.17) is 0 Å². The second-order valence-corrected chi connectivity index (χ2v) is 16.2. The summed E-state index contributed by atoms with van der Waals surface area (Å²) in [6, 6.07) is 11.7. The van der Waals surface area contributed by atoms with Gasteiger partial charge in [0.05, 0.1) is 8.07 Å². The number of rotatable bonds is 4. The van der Waals surface area contributed by atoms with Crippen LogP contribution in [0.25, 0.3) is 30.9 Å². The lowest BCUT2D eigenvalue weighted by atomic mass is 10.1. The Balaban J connectivity index is 2.07. The van der Waals surface area contributed by atoms with E-state index in [9.17, 15) is 0 Å². The molecule has 0 spiro atoms. The zero-order chi connectivity index (χ0) is 18.6. The van der Waals surface area contributed by atoms with E-state index in [0.717, 1.165) is 16.6 Å². The summed E-state index contributed by atoms with van der Waals surface area (Å²) in [5, 5.41) is 12.2.